The summed E-state index contributed by atoms with van der Waals surface area (Å²) in [5, 5.41) is 6.66. The van der Waals surface area contributed by atoms with Crippen LogP contribution in [0.2, 0.25) is 5.02 Å². The van der Waals surface area contributed by atoms with E-state index in [0.717, 1.165) is 36.1 Å². The van der Waals surface area contributed by atoms with E-state index in [2.05, 4.69) is 10.6 Å². The van der Waals surface area contributed by atoms with Gasteiger partial charge in [0.05, 0.1) is 12.2 Å². The summed E-state index contributed by atoms with van der Waals surface area (Å²) >= 11 is 25.8. The van der Waals surface area contributed by atoms with E-state index < -0.39 is 21.8 Å². The molecule has 0 spiro atoms. The van der Waals surface area contributed by atoms with Gasteiger partial charge in [-0.05, 0) is 56.4 Å². The lowest BCUT2D eigenvalue weighted by atomic mass is 9.95. The molecule has 0 saturated carbocycles. The maximum atomic E-state index is 12.7. The number of esters is 1. The lowest BCUT2D eigenvalue weighted by molar-refractivity contribution is 0.0526. The van der Waals surface area contributed by atoms with Crippen molar-refractivity contribution in [3.05, 3.63) is 50.9 Å². The summed E-state index contributed by atoms with van der Waals surface area (Å²) in [4.78, 5) is 26.4. The first-order chi connectivity index (χ1) is 14.2. The SMILES string of the molecule is CCOC(=O)c1c(NC(NC(=O)c2cccc(Cl)c2)C(Cl)(Cl)Cl)sc2c1CCCC2. The Morgan fingerprint density at radius 1 is 1.23 bits per heavy atom. The third-order valence-electron chi connectivity index (χ3n) is 4.62. The number of benzene rings is 1. The molecule has 1 aliphatic carbocycles. The number of carbonyl (C=O) groups is 2. The number of fused-ring (bicyclic) bond motifs is 1. The van der Waals surface area contributed by atoms with Crippen LogP contribution in [0.3, 0.4) is 0 Å². The average molecular weight is 510 g/mol. The number of halogens is 4. The van der Waals surface area contributed by atoms with Gasteiger partial charge in [0.15, 0.2) is 0 Å². The normalized spacial score (nSPS) is 14.6. The molecule has 0 radical (unpaired) electrons. The van der Waals surface area contributed by atoms with Crippen LogP contribution in [0, 0.1) is 0 Å². The molecule has 0 bridgehead atoms. The van der Waals surface area contributed by atoms with Gasteiger partial charge in [-0.15, -0.1) is 11.3 Å². The van der Waals surface area contributed by atoms with Crippen molar-refractivity contribution in [3.8, 4) is 0 Å². The second-order valence-corrected chi connectivity index (χ2v) is 10.6. The van der Waals surface area contributed by atoms with E-state index in [0.29, 0.717) is 21.2 Å². The minimum absolute atomic E-state index is 0.252. The molecule has 1 unspecified atom stereocenters. The van der Waals surface area contributed by atoms with Crippen LogP contribution >= 0.6 is 57.7 Å². The summed E-state index contributed by atoms with van der Waals surface area (Å²) in [5.74, 6) is -0.899. The van der Waals surface area contributed by atoms with Crippen molar-refractivity contribution in [3.63, 3.8) is 0 Å². The number of rotatable bonds is 6. The highest BCUT2D eigenvalue weighted by Crippen LogP contribution is 2.41. The number of amides is 1. The van der Waals surface area contributed by atoms with Crippen LogP contribution in [0.15, 0.2) is 24.3 Å². The molecule has 0 fully saturated rings. The molecule has 0 saturated heterocycles. The Kier molecular flexibility index (Phi) is 7.80. The number of hydrogen-bond acceptors (Lipinski definition) is 5. The fourth-order valence-corrected chi connectivity index (χ4v) is 5.08. The van der Waals surface area contributed by atoms with Gasteiger partial charge in [-0.3, -0.25) is 4.79 Å². The van der Waals surface area contributed by atoms with E-state index in [1.54, 1.807) is 25.1 Å². The molecule has 1 atom stereocenters. The number of hydrogen-bond donors (Lipinski definition) is 2. The van der Waals surface area contributed by atoms with Gasteiger partial charge in [0.2, 0.25) is 3.79 Å². The molecule has 30 heavy (non-hydrogen) atoms. The fraction of sp³-hybridized carbons (Fsp3) is 0.400. The zero-order chi connectivity index (χ0) is 21.9. The first kappa shape index (κ1) is 23.5. The van der Waals surface area contributed by atoms with Crippen molar-refractivity contribution >= 4 is 74.6 Å². The molecule has 162 valence electrons. The molecule has 1 aliphatic rings. The summed E-state index contributed by atoms with van der Waals surface area (Å²) in [5.41, 5.74) is 1.74. The van der Waals surface area contributed by atoms with Crippen molar-refractivity contribution in [2.75, 3.05) is 11.9 Å². The zero-order valence-electron chi connectivity index (χ0n) is 16.1. The van der Waals surface area contributed by atoms with Crippen molar-refractivity contribution in [1.29, 1.82) is 0 Å². The smallest absolute Gasteiger partial charge is 0.341 e. The van der Waals surface area contributed by atoms with Crippen LogP contribution in [0.4, 0.5) is 5.00 Å². The lowest BCUT2D eigenvalue weighted by Crippen LogP contribution is -2.49. The fourth-order valence-electron chi connectivity index (χ4n) is 3.26. The van der Waals surface area contributed by atoms with Crippen molar-refractivity contribution < 1.29 is 14.3 Å². The predicted molar refractivity (Wildman–Crippen MR) is 124 cm³/mol. The Morgan fingerprint density at radius 2 is 1.97 bits per heavy atom. The van der Waals surface area contributed by atoms with Crippen molar-refractivity contribution in [2.24, 2.45) is 0 Å². The van der Waals surface area contributed by atoms with Crippen molar-refractivity contribution in [1.82, 2.24) is 5.32 Å². The Hall–Kier alpha value is -1.18. The highest BCUT2D eigenvalue weighted by Gasteiger charge is 2.37. The number of carbonyl (C=O) groups excluding carboxylic acids is 2. The van der Waals surface area contributed by atoms with Gasteiger partial charge in [-0.2, -0.15) is 0 Å². The Morgan fingerprint density at radius 3 is 2.63 bits per heavy atom. The molecule has 10 heteroatoms. The first-order valence-corrected chi connectivity index (χ1v) is 11.7. The van der Waals surface area contributed by atoms with Gasteiger partial charge in [0.1, 0.15) is 11.2 Å². The average Bonchev–Trinajstić information content (AvgIpc) is 3.05. The molecule has 1 aromatic heterocycles. The maximum Gasteiger partial charge on any atom is 0.341 e. The monoisotopic (exact) mass is 508 g/mol. The highest BCUT2D eigenvalue weighted by molar-refractivity contribution is 7.16. The van der Waals surface area contributed by atoms with Gasteiger partial charge < -0.3 is 15.4 Å². The van der Waals surface area contributed by atoms with E-state index >= 15 is 0 Å². The van der Waals surface area contributed by atoms with Gasteiger partial charge in [-0.25, -0.2) is 4.79 Å². The number of ether oxygens (including phenoxy) is 1. The maximum absolute atomic E-state index is 12.7. The van der Waals surface area contributed by atoms with Crippen molar-refractivity contribution in [2.45, 2.75) is 42.6 Å². The molecule has 1 heterocycles. The number of thiophene rings is 1. The largest absolute Gasteiger partial charge is 0.462 e. The quantitative estimate of drug-likeness (QED) is 0.285. The molecule has 1 aromatic carbocycles. The standard InChI is InChI=1S/C20H20Cl4N2O3S/c1-2-29-18(28)15-13-8-3-4-9-14(13)30-17(15)26-19(20(22,23)24)25-16(27)11-6-5-7-12(21)10-11/h5-7,10,19,26H,2-4,8-9H2,1H3,(H,25,27). The van der Waals surface area contributed by atoms with E-state index in [1.165, 1.54) is 17.4 Å². The number of alkyl halides is 3. The first-order valence-electron chi connectivity index (χ1n) is 9.42. The summed E-state index contributed by atoms with van der Waals surface area (Å²) in [6.45, 7) is 2.00. The summed E-state index contributed by atoms with van der Waals surface area (Å²) in [6.07, 6.45) is 2.61. The zero-order valence-corrected chi connectivity index (χ0v) is 19.9. The second-order valence-electron chi connectivity index (χ2n) is 6.74. The summed E-state index contributed by atoms with van der Waals surface area (Å²) < 4.78 is 3.37. The Bertz CT molecular complexity index is 943. The van der Waals surface area contributed by atoms with Crippen LogP contribution in [0.1, 0.15) is 50.9 Å². The van der Waals surface area contributed by atoms with Gasteiger partial charge in [0, 0.05) is 15.5 Å². The predicted octanol–water partition coefficient (Wildman–Crippen LogP) is 6.00. The van der Waals surface area contributed by atoms with Gasteiger partial charge in [0.25, 0.3) is 5.91 Å². The minimum atomic E-state index is -1.88. The Balaban J connectivity index is 1.91. The van der Waals surface area contributed by atoms with Gasteiger partial charge >= 0.3 is 5.97 Å². The van der Waals surface area contributed by atoms with E-state index in [4.69, 9.17) is 51.1 Å². The van der Waals surface area contributed by atoms with Crippen LogP contribution in [0.25, 0.3) is 0 Å². The van der Waals surface area contributed by atoms with Crippen LogP contribution in [0.5, 0.6) is 0 Å². The molecule has 2 N–H and O–H groups in total. The topological polar surface area (TPSA) is 67.4 Å². The molecule has 3 rings (SSSR count). The van der Waals surface area contributed by atoms with E-state index in [1.807, 2.05) is 0 Å². The summed E-state index contributed by atoms with van der Waals surface area (Å²) in [7, 11) is 0. The number of anilines is 1. The molecular formula is C20H20Cl4N2O3S. The molecule has 1 amide bonds. The summed E-state index contributed by atoms with van der Waals surface area (Å²) in [6, 6.07) is 6.43. The number of aryl methyl sites for hydroxylation is 1. The Labute approximate surface area is 199 Å². The van der Waals surface area contributed by atoms with Crippen LogP contribution < -0.4 is 10.6 Å². The minimum Gasteiger partial charge on any atom is -0.462 e. The van der Waals surface area contributed by atoms with E-state index in [9.17, 15) is 9.59 Å². The molecule has 2 aromatic rings. The third kappa shape index (κ3) is 5.54. The second kappa shape index (κ2) is 9.96. The number of nitrogens with one attached hydrogen (secondary N) is 2. The lowest BCUT2D eigenvalue weighted by Gasteiger charge is -2.27. The van der Waals surface area contributed by atoms with Crippen LogP contribution in [-0.4, -0.2) is 28.4 Å². The molecule has 0 aliphatic heterocycles. The van der Waals surface area contributed by atoms with E-state index in [-0.39, 0.29) is 6.61 Å². The molecule has 5 nitrogen and oxygen atoms in total. The molecular weight excluding hydrogens is 490 g/mol. The third-order valence-corrected chi connectivity index (χ3v) is 6.73. The van der Waals surface area contributed by atoms with Gasteiger partial charge in [-0.1, -0.05) is 52.5 Å². The van der Waals surface area contributed by atoms with Crippen LogP contribution in [-0.2, 0) is 17.6 Å². The highest BCUT2D eigenvalue weighted by atomic mass is 35.6.